The molecule has 1 amide bonds. The number of rotatable bonds is 6. The molecule has 3 rings (SSSR count). The van der Waals surface area contributed by atoms with Crippen LogP contribution in [0.25, 0.3) is 0 Å². The van der Waals surface area contributed by atoms with Crippen molar-refractivity contribution in [3.8, 4) is 0 Å². The first kappa shape index (κ1) is 25.0. The van der Waals surface area contributed by atoms with Crippen LogP contribution in [-0.4, -0.2) is 69.8 Å². The summed E-state index contributed by atoms with van der Waals surface area (Å²) in [4.78, 5) is 21.0. The average Bonchev–Trinajstić information content (AvgIpc) is 2.74. The number of nitrogens with one attached hydrogen (secondary N) is 1. The second kappa shape index (κ2) is 10.5. The highest BCUT2D eigenvalue weighted by Gasteiger charge is 2.26. The van der Waals surface area contributed by atoms with E-state index in [1.54, 1.807) is 9.80 Å². The van der Waals surface area contributed by atoms with Gasteiger partial charge in [-0.2, -0.15) is 0 Å². The first-order chi connectivity index (χ1) is 15.5. The zero-order valence-corrected chi connectivity index (χ0v) is 19.8. The van der Waals surface area contributed by atoms with Gasteiger partial charge in [-0.1, -0.05) is 5.16 Å². The summed E-state index contributed by atoms with van der Waals surface area (Å²) in [5.41, 5.74) is 0.492. The molecule has 2 saturated heterocycles. The molecule has 0 radical (unpaired) electrons. The summed E-state index contributed by atoms with van der Waals surface area (Å²) in [7, 11) is -3.71. The van der Waals surface area contributed by atoms with Gasteiger partial charge in [0.05, 0.1) is 29.4 Å². The highest BCUT2D eigenvalue weighted by Crippen LogP contribution is 2.28. The van der Waals surface area contributed by atoms with Crippen LogP contribution in [0.5, 0.6) is 0 Å². The van der Waals surface area contributed by atoms with Gasteiger partial charge >= 0.3 is 6.09 Å². The minimum atomic E-state index is -3.71. The van der Waals surface area contributed by atoms with Crippen molar-refractivity contribution in [3.05, 3.63) is 23.8 Å². The van der Waals surface area contributed by atoms with Crippen LogP contribution in [0.2, 0.25) is 0 Å². The molecule has 0 unspecified atom stereocenters. The lowest BCUT2D eigenvalue weighted by atomic mass is 10.1. The van der Waals surface area contributed by atoms with Crippen LogP contribution < -0.4 is 9.62 Å². The molecule has 1 aromatic carbocycles. The smallest absolute Gasteiger partial charge is 0.410 e. The van der Waals surface area contributed by atoms with Gasteiger partial charge in [-0.3, -0.25) is 4.72 Å². The molecule has 1 aromatic rings. The molecule has 2 heterocycles. The van der Waals surface area contributed by atoms with Gasteiger partial charge in [-0.25, -0.2) is 22.0 Å². The Morgan fingerprint density at radius 2 is 1.76 bits per heavy atom. The van der Waals surface area contributed by atoms with E-state index in [-0.39, 0.29) is 24.0 Å². The van der Waals surface area contributed by atoms with E-state index in [1.165, 1.54) is 0 Å². The number of carbonyl (C=O) groups is 1. The van der Waals surface area contributed by atoms with E-state index < -0.39 is 27.3 Å². The number of anilines is 2. The van der Waals surface area contributed by atoms with Crippen molar-refractivity contribution >= 4 is 33.2 Å². The normalized spacial score (nSPS) is 17.8. The number of piperidine rings is 2. The third kappa shape index (κ3) is 7.18. The van der Waals surface area contributed by atoms with Crippen LogP contribution in [0.1, 0.15) is 39.5 Å². The fourth-order valence-electron chi connectivity index (χ4n) is 3.72. The Bertz CT molecular complexity index is 985. The molecule has 0 bridgehead atoms. The van der Waals surface area contributed by atoms with Gasteiger partial charge in [-0.15, -0.1) is 0 Å². The predicted octanol–water partition coefficient (Wildman–Crippen LogP) is 3.32. The van der Waals surface area contributed by atoms with Crippen LogP contribution in [0.3, 0.4) is 0 Å². The molecule has 2 fully saturated rings. The van der Waals surface area contributed by atoms with Crippen molar-refractivity contribution in [3.63, 3.8) is 0 Å². The van der Waals surface area contributed by atoms with Crippen molar-refractivity contribution in [1.82, 2.24) is 4.90 Å². The van der Waals surface area contributed by atoms with E-state index in [9.17, 15) is 22.0 Å². The van der Waals surface area contributed by atoms with Crippen LogP contribution in [0.15, 0.2) is 17.3 Å². The molecule has 0 saturated carbocycles. The van der Waals surface area contributed by atoms with E-state index in [0.717, 1.165) is 24.1 Å². The minimum absolute atomic E-state index is 0.0761. The Hall–Kier alpha value is -2.63. The van der Waals surface area contributed by atoms with Crippen molar-refractivity contribution in [2.75, 3.05) is 42.1 Å². The molecular formula is C21H30F2N4O5S. The standard InChI is InChI=1S/C21H30F2N4O5S/c1-14(2)31-21(28)27-10-6-16(7-11-27)32-24-15-4-8-26(9-5-15)20-13-17(22)19(12-18(20)23)25-33(3,29)30/h12-14,16,25H,4-11H2,1-3H3. The summed E-state index contributed by atoms with van der Waals surface area (Å²) < 4.78 is 58.5. The zero-order valence-electron chi connectivity index (χ0n) is 19.0. The SMILES string of the molecule is CC(C)OC(=O)N1CCC(ON=C2CCN(c3cc(F)c(NS(C)(=O)=O)cc3F)CC2)CC1. The molecule has 0 aromatic heterocycles. The molecule has 0 aliphatic carbocycles. The van der Waals surface area contributed by atoms with E-state index in [0.29, 0.717) is 51.9 Å². The molecule has 0 spiro atoms. The van der Waals surface area contributed by atoms with E-state index in [1.807, 2.05) is 18.6 Å². The van der Waals surface area contributed by atoms with Crippen LogP contribution >= 0.6 is 0 Å². The van der Waals surface area contributed by atoms with Crippen LogP contribution in [0, 0.1) is 11.6 Å². The van der Waals surface area contributed by atoms with E-state index >= 15 is 0 Å². The maximum Gasteiger partial charge on any atom is 0.410 e. The summed E-state index contributed by atoms with van der Waals surface area (Å²) in [5.74, 6) is -1.55. The number of nitrogens with zero attached hydrogens (tertiary/aromatic N) is 3. The number of benzene rings is 1. The van der Waals surface area contributed by atoms with Crippen molar-refractivity contribution < 1.29 is 31.6 Å². The number of oxime groups is 1. The molecular weight excluding hydrogens is 458 g/mol. The fraction of sp³-hybridized carbons (Fsp3) is 0.619. The molecule has 0 atom stereocenters. The monoisotopic (exact) mass is 488 g/mol. The number of halogens is 2. The molecule has 1 N–H and O–H groups in total. The fourth-order valence-corrected chi connectivity index (χ4v) is 4.28. The number of hydrogen-bond acceptors (Lipinski definition) is 7. The van der Waals surface area contributed by atoms with Crippen molar-refractivity contribution in [2.24, 2.45) is 5.16 Å². The first-order valence-electron chi connectivity index (χ1n) is 10.9. The van der Waals surface area contributed by atoms with Gasteiger partial charge in [0, 0.05) is 64.0 Å². The van der Waals surface area contributed by atoms with Gasteiger partial charge < -0.3 is 19.4 Å². The molecule has 184 valence electrons. The maximum absolute atomic E-state index is 14.5. The average molecular weight is 489 g/mol. The van der Waals surface area contributed by atoms with Gasteiger partial charge in [-0.05, 0) is 13.8 Å². The Kier molecular flexibility index (Phi) is 7.98. The maximum atomic E-state index is 14.5. The second-order valence-electron chi connectivity index (χ2n) is 8.53. The quantitative estimate of drug-likeness (QED) is 0.617. The third-order valence-corrected chi connectivity index (χ3v) is 5.97. The molecule has 33 heavy (non-hydrogen) atoms. The molecule has 2 aliphatic rings. The Balaban J connectivity index is 1.49. The van der Waals surface area contributed by atoms with Crippen LogP contribution in [-0.2, 0) is 19.6 Å². The largest absolute Gasteiger partial charge is 0.447 e. The number of ether oxygens (including phenoxy) is 1. The predicted molar refractivity (Wildman–Crippen MR) is 121 cm³/mol. The Morgan fingerprint density at radius 1 is 1.12 bits per heavy atom. The second-order valence-corrected chi connectivity index (χ2v) is 10.3. The Labute approximate surface area is 192 Å². The van der Waals surface area contributed by atoms with E-state index in [4.69, 9.17) is 9.57 Å². The van der Waals surface area contributed by atoms with Gasteiger partial charge in [0.25, 0.3) is 0 Å². The first-order valence-corrected chi connectivity index (χ1v) is 12.8. The number of sulfonamides is 1. The third-order valence-electron chi connectivity index (χ3n) is 5.38. The summed E-state index contributed by atoms with van der Waals surface area (Å²) in [5, 5.41) is 4.26. The van der Waals surface area contributed by atoms with Gasteiger partial charge in [0.1, 0.15) is 17.7 Å². The summed E-state index contributed by atoms with van der Waals surface area (Å²) in [6, 6.07) is 1.85. The van der Waals surface area contributed by atoms with Crippen molar-refractivity contribution in [2.45, 2.75) is 51.7 Å². The summed E-state index contributed by atoms with van der Waals surface area (Å²) in [6.45, 7) is 5.57. The number of carbonyl (C=O) groups excluding carboxylic acids is 1. The highest BCUT2D eigenvalue weighted by molar-refractivity contribution is 7.92. The topological polar surface area (TPSA) is 101 Å². The zero-order chi connectivity index (χ0) is 24.2. The van der Waals surface area contributed by atoms with Gasteiger partial charge in [0.15, 0.2) is 0 Å². The minimum Gasteiger partial charge on any atom is -0.447 e. The number of likely N-dealkylation sites (tertiary alicyclic amines) is 1. The lowest BCUT2D eigenvalue weighted by molar-refractivity contribution is 0.00415. The van der Waals surface area contributed by atoms with Gasteiger partial charge in [0.2, 0.25) is 10.0 Å². The summed E-state index contributed by atoms with van der Waals surface area (Å²) >= 11 is 0. The molecule has 9 nitrogen and oxygen atoms in total. The summed E-state index contributed by atoms with van der Waals surface area (Å²) in [6.07, 6.45) is 2.70. The number of hydrogen-bond donors (Lipinski definition) is 1. The molecule has 12 heteroatoms. The Morgan fingerprint density at radius 3 is 2.33 bits per heavy atom. The number of amides is 1. The molecule has 2 aliphatic heterocycles. The lowest BCUT2D eigenvalue weighted by Crippen LogP contribution is -2.41. The lowest BCUT2D eigenvalue weighted by Gasteiger charge is -2.32. The van der Waals surface area contributed by atoms with E-state index in [2.05, 4.69) is 5.16 Å². The van der Waals surface area contributed by atoms with Crippen molar-refractivity contribution in [1.29, 1.82) is 0 Å². The van der Waals surface area contributed by atoms with Crippen LogP contribution in [0.4, 0.5) is 25.0 Å². The highest BCUT2D eigenvalue weighted by atomic mass is 32.2.